The van der Waals surface area contributed by atoms with Gasteiger partial charge in [-0.15, -0.1) is 6.58 Å². The number of rotatable bonds is 5. The first-order valence-electron chi connectivity index (χ1n) is 6.66. The molecule has 15 heavy (non-hydrogen) atoms. The second kappa shape index (κ2) is 5.16. The highest BCUT2D eigenvalue weighted by atomic mass is 14.9. The molecule has 1 nitrogen and oxygen atoms in total. The van der Waals surface area contributed by atoms with Crippen molar-refractivity contribution in [3.8, 4) is 0 Å². The lowest BCUT2D eigenvalue weighted by Crippen LogP contribution is -2.39. The average Bonchev–Trinajstić information content (AvgIpc) is 3.01. The summed E-state index contributed by atoms with van der Waals surface area (Å²) in [5.74, 6) is 2.15. The molecule has 1 heteroatoms. The third-order valence-corrected chi connectivity index (χ3v) is 4.04. The lowest BCUT2D eigenvalue weighted by atomic mass is 9.82. The van der Waals surface area contributed by atoms with Crippen LogP contribution in [0, 0.1) is 11.8 Å². The smallest absolute Gasteiger partial charge is 0.00757 e. The molecule has 3 unspecified atom stereocenters. The Hall–Kier alpha value is -0.300. The quantitative estimate of drug-likeness (QED) is 0.680. The zero-order valence-electron chi connectivity index (χ0n) is 10.0. The Morgan fingerprint density at radius 2 is 2.07 bits per heavy atom. The molecule has 2 saturated carbocycles. The summed E-state index contributed by atoms with van der Waals surface area (Å²) in [6.07, 6.45) is 11.9. The molecule has 86 valence electrons. The van der Waals surface area contributed by atoms with Crippen LogP contribution in [0.2, 0.25) is 0 Å². The Bertz CT molecular complexity index is 207. The minimum Gasteiger partial charge on any atom is -0.311 e. The maximum atomic E-state index is 3.81. The molecule has 0 saturated heterocycles. The molecule has 0 spiro atoms. The minimum atomic E-state index is 0.616. The van der Waals surface area contributed by atoms with E-state index in [4.69, 9.17) is 0 Å². The van der Waals surface area contributed by atoms with Gasteiger partial charge in [0, 0.05) is 12.1 Å². The summed E-state index contributed by atoms with van der Waals surface area (Å²) >= 11 is 0. The molecule has 0 radical (unpaired) electrons. The van der Waals surface area contributed by atoms with Gasteiger partial charge in [0.25, 0.3) is 0 Å². The van der Waals surface area contributed by atoms with E-state index in [1.807, 2.05) is 6.08 Å². The van der Waals surface area contributed by atoms with E-state index in [2.05, 4.69) is 18.8 Å². The third-order valence-electron chi connectivity index (χ3n) is 4.04. The van der Waals surface area contributed by atoms with Gasteiger partial charge < -0.3 is 5.32 Å². The van der Waals surface area contributed by atoms with Gasteiger partial charge in [0.15, 0.2) is 0 Å². The molecule has 0 amide bonds. The summed E-state index contributed by atoms with van der Waals surface area (Å²) in [5, 5.41) is 3.76. The van der Waals surface area contributed by atoms with Crippen LogP contribution in [-0.4, -0.2) is 12.1 Å². The molecule has 1 N–H and O–H groups in total. The van der Waals surface area contributed by atoms with Gasteiger partial charge in [0.05, 0.1) is 0 Å². The Labute approximate surface area is 94.3 Å². The van der Waals surface area contributed by atoms with Gasteiger partial charge in [0.2, 0.25) is 0 Å². The fourth-order valence-corrected chi connectivity index (χ4v) is 3.10. The molecule has 0 heterocycles. The molecule has 2 aliphatic rings. The van der Waals surface area contributed by atoms with E-state index in [0.717, 1.165) is 24.3 Å². The predicted octanol–water partition coefficient (Wildman–Crippen LogP) is 3.51. The summed E-state index contributed by atoms with van der Waals surface area (Å²) < 4.78 is 0. The molecule has 3 atom stereocenters. The second-order valence-electron chi connectivity index (χ2n) is 5.55. The molecule has 2 aliphatic carbocycles. The average molecular weight is 207 g/mol. The van der Waals surface area contributed by atoms with Crippen molar-refractivity contribution in [1.29, 1.82) is 0 Å². The Balaban J connectivity index is 1.74. The lowest BCUT2D eigenvalue weighted by Gasteiger charge is -2.31. The van der Waals surface area contributed by atoms with Gasteiger partial charge in [-0.3, -0.25) is 0 Å². The van der Waals surface area contributed by atoms with Crippen LogP contribution in [0.25, 0.3) is 0 Å². The van der Waals surface area contributed by atoms with E-state index in [9.17, 15) is 0 Å². The normalized spacial score (nSPS) is 33.7. The molecule has 0 aromatic heterocycles. The molecule has 2 rings (SSSR count). The highest BCUT2D eigenvalue weighted by molar-refractivity contribution is 4.89. The monoisotopic (exact) mass is 207 g/mol. The van der Waals surface area contributed by atoms with Gasteiger partial charge in [0.1, 0.15) is 0 Å². The van der Waals surface area contributed by atoms with Crippen LogP contribution in [0.1, 0.15) is 51.9 Å². The lowest BCUT2D eigenvalue weighted by molar-refractivity contribution is 0.249. The van der Waals surface area contributed by atoms with Crippen molar-refractivity contribution >= 4 is 0 Å². The van der Waals surface area contributed by atoms with Gasteiger partial charge in [-0.1, -0.05) is 18.9 Å². The van der Waals surface area contributed by atoms with Crippen molar-refractivity contribution < 1.29 is 0 Å². The number of hydrogen-bond acceptors (Lipinski definition) is 1. The molecule has 2 fully saturated rings. The fourth-order valence-electron chi connectivity index (χ4n) is 3.10. The minimum absolute atomic E-state index is 0.616. The Morgan fingerprint density at radius 1 is 1.27 bits per heavy atom. The van der Waals surface area contributed by atoms with Gasteiger partial charge in [-0.25, -0.2) is 0 Å². The predicted molar refractivity (Wildman–Crippen MR) is 65.9 cm³/mol. The van der Waals surface area contributed by atoms with Crippen LogP contribution >= 0.6 is 0 Å². The zero-order chi connectivity index (χ0) is 10.7. The van der Waals surface area contributed by atoms with Crippen LogP contribution in [-0.2, 0) is 0 Å². The van der Waals surface area contributed by atoms with Crippen molar-refractivity contribution in [1.82, 2.24) is 5.32 Å². The van der Waals surface area contributed by atoms with E-state index < -0.39 is 0 Å². The van der Waals surface area contributed by atoms with E-state index >= 15 is 0 Å². The van der Waals surface area contributed by atoms with Gasteiger partial charge >= 0.3 is 0 Å². The first kappa shape index (κ1) is 11.2. The molecular weight excluding hydrogens is 182 g/mol. The molecule has 0 aromatic rings. The van der Waals surface area contributed by atoms with Crippen LogP contribution in [0.5, 0.6) is 0 Å². The highest BCUT2D eigenvalue weighted by Crippen LogP contribution is 2.43. The van der Waals surface area contributed by atoms with Crippen LogP contribution in [0.15, 0.2) is 12.7 Å². The Morgan fingerprint density at radius 3 is 2.73 bits per heavy atom. The number of hydrogen-bond donors (Lipinski definition) is 1. The van der Waals surface area contributed by atoms with Crippen molar-refractivity contribution in [3.63, 3.8) is 0 Å². The maximum absolute atomic E-state index is 3.81. The first-order valence-corrected chi connectivity index (χ1v) is 6.66. The van der Waals surface area contributed by atoms with Crippen molar-refractivity contribution in [2.75, 3.05) is 0 Å². The van der Waals surface area contributed by atoms with E-state index in [-0.39, 0.29) is 0 Å². The SMILES string of the molecule is C=CCC(C)NC1CCCC(C2CC2)C1. The molecule has 0 aromatic carbocycles. The molecule has 0 aliphatic heterocycles. The maximum Gasteiger partial charge on any atom is 0.00757 e. The van der Waals surface area contributed by atoms with Crippen molar-refractivity contribution in [2.45, 2.75) is 64.0 Å². The summed E-state index contributed by atoms with van der Waals surface area (Å²) in [5.41, 5.74) is 0. The zero-order valence-corrected chi connectivity index (χ0v) is 10.0. The molecular formula is C14H25N. The van der Waals surface area contributed by atoms with Gasteiger partial charge in [-0.2, -0.15) is 0 Å². The van der Waals surface area contributed by atoms with Crippen LogP contribution in [0.4, 0.5) is 0 Å². The fraction of sp³-hybridized carbons (Fsp3) is 0.857. The van der Waals surface area contributed by atoms with Gasteiger partial charge in [-0.05, 0) is 50.9 Å². The summed E-state index contributed by atoms with van der Waals surface area (Å²) in [6, 6.07) is 1.41. The summed E-state index contributed by atoms with van der Waals surface area (Å²) in [7, 11) is 0. The second-order valence-corrected chi connectivity index (χ2v) is 5.55. The number of nitrogens with one attached hydrogen (secondary N) is 1. The summed E-state index contributed by atoms with van der Waals surface area (Å²) in [6.45, 7) is 6.09. The standard InChI is InChI=1S/C14H25N/c1-3-5-11(2)15-14-7-4-6-13(10-14)12-8-9-12/h3,11-15H,1,4-10H2,2H3. The van der Waals surface area contributed by atoms with E-state index in [1.165, 1.54) is 38.5 Å². The van der Waals surface area contributed by atoms with Crippen LogP contribution < -0.4 is 5.32 Å². The summed E-state index contributed by atoms with van der Waals surface area (Å²) in [4.78, 5) is 0. The van der Waals surface area contributed by atoms with E-state index in [1.54, 1.807) is 0 Å². The largest absolute Gasteiger partial charge is 0.311 e. The Kier molecular flexibility index (Phi) is 3.85. The van der Waals surface area contributed by atoms with E-state index in [0.29, 0.717) is 6.04 Å². The molecule has 0 bridgehead atoms. The topological polar surface area (TPSA) is 12.0 Å². The third kappa shape index (κ3) is 3.34. The van der Waals surface area contributed by atoms with Crippen molar-refractivity contribution in [3.05, 3.63) is 12.7 Å². The van der Waals surface area contributed by atoms with Crippen molar-refractivity contribution in [2.24, 2.45) is 11.8 Å². The first-order chi connectivity index (χ1) is 7.29. The van der Waals surface area contributed by atoms with Crippen LogP contribution in [0.3, 0.4) is 0 Å². The highest BCUT2D eigenvalue weighted by Gasteiger charge is 2.34.